The van der Waals surface area contributed by atoms with Gasteiger partial charge in [-0.15, -0.1) is 0 Å². The van der Waals surface area contributed by atoms with E-state index in [9.17, 15) is 9.90 Å². The van der Waals surface area contributed by atoms with E-state index in [0.29, 0.717) is 36.5 Å². The first-order valence-electron chi connectivity index (χ1n) is 11.0. The van der Waals surface area contributed by atoms with Crippen LogP contribution in [0.3, 0.4) is 0 Å². The number of aryl methyl sites for hydroxylation is 1. The normalized spacial score (nSPS) is 19.2. The fraction of sp³-hybridized carbons (Fsp3) is 0.458. The summed E-state index contributed by atoms with van der Waals surface area (Å²) >= 11 is 6.00. The first kappa shape index (κ1) is 22.5. The van der Waals surface area contributed by atoms with Crippen molar-refractivity contribution in [1.82, 2.24) is 14.6 Å². The summed E-state index contributed by atoms with van der Waals surface area (Å²) in [6.07, 6.45) is 1.91. The van der Waals surface area contributed by atoms with E-state index in [1.807, 2.05) is 13.8 Å². The zero-order valence-corrected chi connectivity index (χ0v) is 19.6. The topological polar surface area (TPSA) is 70.7 Å². The van der Waals surface area contributed by atoms with Crippen LogP contribution in [-0.2, 0) is 4.79 Å². The number of piperidine rings is 1. The Hall–Kier alpha value is -2.67. The number of carbonyl (C=O) groups is 1. The highest BCUT2D eigenvalue weighted by atomic mass is 35.5. The molecule has 2 aromatic heterocycles. The summed E-state index contributed by atoms with van der Waals surface area (Å²) in [5.41, 5.74) is 1.81. The molecule has 0 radical (unpaired) electrons. The van der Waals surface area contributed by atoms with Crippen molar-refractivity contribution in [2.24, 2.45) is 5.41 Å². The molecule has 1 N–H and O–H groups in total. The average Bonchev–Trinajstić information content (AvgIpc) is 3.09. The Morgan fingerprint density at radius 1 is 1.31 bits per heavy atom. The zero-order chi connectivity index (χ0) is 23.2. The van der Waals surface area contributed by atoms with Gasteiger partial charge in [-0.3, -0.25) is 4.79 Å². The smallest absolute Gasteiger partial charge is 0.311 e. The van der Waals surface area contributed by atoms with E-state index >= 15 is 4.39 Å². The van der Waals surface area contributed by atoms with E-state index in [1.165, 1.54) is 0 Å². The molecule has 0 saturated carbocycles. The summed E-state index contributed by atoms with van der Waals surface area (Å²) in [6.45, 7) is 8.96. The van der Waals surface area contributed by atoms with Crippen LogP contribution in [0, 0.1) is 18.2 Å². The first-order valence-corrected chi connectivity index (χ1v) is 11.4. The molecule has 1 aliphatic heterocycles. The molecule has 0 spiro atoms. The molecule has 4 rings (SSSR count). The maximum absolute atomic E-state index is 15.5. The summed E-state index contributed by atoms with van der Waals surface area (Å²) in [5, 5.41) is 15.2. The standard InChI is InChI=1S/C24H28ClFN4O2/c1-5-24(23(31)32)11-6-12-29(13-24)22-18(14(2)3)15(4)27-21-19(26)20(28-30(21)22)16-7-9-17(25)10-8-16/h7-10,14H,5-6,11-13H2,1-4H3,(H,31,32). The second kappa shape index (κ2) is 8.35. The van der Waals surface area contributed by atoms with Gasteiger partial charge in [-0.05, 0) is 44.2 Å². The molecule has 3 aromatic rings. The van der Waals surface area contributed by atoms with Crippen molar-refractivity contribution in [3.63, 3.8) is 0 Å². The number of fused-ring (bicyclic) bond motifs is 1. The highest BCUT2D eigenvalue weighted by molar-refractivity contribution is 6.30. The lowest BCUT2D eigenvalue weighted by Crippen LogP contribution is -2.48. The maximum atomic E-state index is 15.5. The number of carboxylic acid groups (broad SMARTS) is 1. The van der Waals surface area contributed by atoms with E-state index in [1.54, 1.807) is 28.8 Å². The number of hydrogen-bond donors (Lipinski definition) is 1. The Kier molecular flexibility index (Phi) is 5.88. The van der Waals surface area contributed by atoms with E-state index in [4.69, 9.17) is 11.6 Å². The van der Waals surface area contributed by atoms with Crippen LogP contribution in [-0.4, -0.2) is 38.8 Å². The van der Waals surface area contributed by atoms with Gasteiger partial charge in [-0.1, -0.05) is 44.5 Å². The summed E-state index contributed by atoms with van der Waals surface area (Å²) in [7, 11) is 0. The largest absolute Gasteiger partial charge is 0.481 e. The van der Waals surface area contributed by atoms with Crippen molar-refractivity contribution in [1.29, 1.82) is 0 Å². The number of halogens is 2. The van der Waals surface area contributed by atoms with Gasteiger partial charge in [0.1, 0.15) is 11.5 Å². The lowest BCUT2D eigenvalue weighted by molar-refractivity contribution is -0.149. The molecule has 1 saturated heterocycles. The van der Waals surface area contributed by atoms with Crippen LogP contribution in [0.5, 0.6) is 0 Å². The molecule has 3 heterocycles. The van der Waals surface area contributed by atoms with Crippen LogP contribution in [0.4, 0.5) is 10.2 Å². The zero-order valence-electron chi connectivity index (χ0n) is 18.8. The predicted molar refractivity (Wildman–Crippen MR) is 124 cm³/mol. The summed E-state index contributed by atoms with van der Waals surface area (Å²) in [5.74, 6) is -0.438. The third-order valence-corrected chi connectivity index (χ3v) is 6.86. The molecule has 170 valence electrons. The van der Waals surface area contributed by atoms with Gasteiger partial charge in [-0.25, -0.2) is 9.37 Å². The molecule has 1 aromatic carbocycles. The Labute approximate surface area is 192 Å². The number of rotatable bonds is 5. The predicted octanol–water partition coefficient (Wildman–Crippen LogP) is 5.70. The van der Waals surface area contributed by atoms with E-state index in [-0.39, 0.29) is 17.3 Å². The number of anilines is 1. The number of benzene rings is 1. The third kappa shape index (κ3) is 3.62. The molecule has 0 aliphatic carbocycles. The molecule has 1 aliphatic rings. The van der Waals surface area contributed by atoms with Crippen molar-refractivity contribution < 1.29 is 14.3 Å². The van der Waals surface area contributed by atoms with Crippen molar-refractivity contribution in [2.75, 3.05) is 18.0 Å². The minimum absolute atomic E-state index is 0.107. The molecule has 32 heavy (non-hydrogen) atoms. The minimum atomic E-state index is -0.833. The van der Waals surface area contributed by atoms with Gasteiger partial charge in [0.25, 0.3) is 0 Å². The molecule has 1 atom stereocenters. The van der Waals surface area contributed by atoms with Crippen molar-refractivity contribution in [2.45, 2.75) is 52.9 Å². The quantitative estimate of drug-likeness (QED) is 0.530. The van der Waals surface area contributed by atoms with Crippen LogP contribution in [0.2, 0.25) is 5.02 Å². The van der Waals surface area contributed by atoms with Crippen LogP contribution in [0.1, 0.15) is 57.2 Å². The highest BCUT2D eigenvalue weighted by Crippen LogP contribution is 2.40. The Balaban J connectivity index is 1.95. The summed E-state index contributed by atoms with van der Waals surface area (Å²) in [6, 6.07) is 6.87. The molecule has 8 heteroatoms. The molecular weight excluding hydrogens is 431 g/mol. The fourth-order valence-corrected chi connectivity index (χ4v) is 4.95. The van der Waals surface area contributed by atoms with Crippen molar-refractivity contribution >= 4 is 29.0 Å². The van der Waals surface area contributed by atoms with Gasteiger partial charge >= 0.3 is 5.97 Å². The SMILES string of the molecule is CCC1(C(=O)O)CCCN(c2c(C(C)C)c(C)nc3c(F)c(-c4ccc(Cl)cc4)nn23)C1. The fourth-order valence-electron chi connectivity index (χ4n) is 4.83. The van der Waals surface area contributed by atoms with Crippen molar-refractivity contribution in [3.05, 3.63) is 46.4 Å². The minimum Gasteiger partial charge on any atom is -0.481 e. The van der Waals surface area contributed by atoms with Gasteiger partial charge in [0.2, 0.25) is 0 Å². The maximum Gasteiger partial charge on any atom is 0.311 e. The highest BCUT2D eigenvalue weighted by Gasteiger charge is 2.42. The van der Waals surface area contributed by atoms with E-state index in [2.05, 4.69) is 28.8 Å². The first-order chi connectivity index (χ1) is 15.2. The second-order valence-corrected chi connectivity index (χ2v) is 9.39. The summed E-state index contributed by atoms with van der Waals surface area (Å²) in [4.78, 5) is 18.8. The van der Waals surface area contributed by atoms with Crippen LogP contribution in [0.25, 0.3) is 16.9 Å². The van der Waals surface area contributed by atoms with E-state index < -0.39 is 17.2 Å². The van der Waals surface area contributed by atoms with Gasteiger partial charge in [-0.2, -0.15) is 9.61 Å². The lowest BCUT2D eigenvalue weighted by atomic mass is 9.77. The van der Waals surface area contributed by atoms with Crippen molar-refractivity contribution in [3.8, 4) is 11.3 Å². The average molecular weight is 459 g/mol. The molecule has 0 bridgehead atoms. The number of nitrogens with zero attached hydrogens (tertiary/aromatic N) is 4. The molecule has 6 nitrogen and oxygen atoms in total. The molecule has 1 unspecified atom stereocenters. The second-order valence-electron chi connectivity index (χ2n) is 8.96. The molecular formula is C24H28ClFN4O2. The Morgan fingerprint density at radius 3 is 2.59 bits per heavy atom. The Bertz CT molecular complexity index is 1180. The Morgan fingerprint density at radius 2 is 2.00 bits per heavy atom. The van der Waals surface area contributed by atoms with Gasteiger partial charge in [0.05, 0.1) is 5.41 Å². The van der Waals surface area contributed by atoms with Gasteiger partial charge < -0.3 is 10.0 Å². The number of carboxylic acids is 1. The summed E-state index contributed by atoms with van der Waals surface area (Å²) < 4.78 is 17.1. The number of aliphatic carboxylic acids is 1. The van der Waals surface area contributed by atoms with E-state index in [0.717, 1.165) is 23.5 Å². The van der Waals surface area contributed by atoms with Crippen LogP contribution in [0.15, 0.2) is 24.3 Å². The monoisotopic (exact) mass is 458 g/mol. The molecule has 1 fully saturated rings. The molecule has 0 amide bonds. The number of hydrogen-bond acceptors (Lipinski definition) is 4. The van der Waals surface area contributed by atoms with Crippen LogP contribution >= 0.6 is 11.6 Å². The van der Waals surface area contributed by atoms with Gasteiger partial charge in [0.15, 0.2) is 11.5 Å². The lowest BCUT2D eigenvalue weighted by Gasteiger charge is -2.41. The number of aromatic nitrogens is 3. The van der Waals surface area contributed by atoms with Crippen LogP contribution < -0.4 is 4.90 Å². The van der Waals surface area contributed by atoms with Gasteiger partial charge in [0, 0.05) is 34.9 Å². The third-order valence-electron chi connectivity index (χ3n) is 6.61.